The predicted molar refractivity (Wildman–Crippen MR) is 80.9 cm³/mol. The van der Waals surface area contributed by atoms with E-state index >= 15 is 0 Å². The molecule has 108 valence electrons. The predicted octanol–water partition coefficient (Wildman–Crippen LogP) is 2.19. The smallest absolute Gasteiger partial charge is 0.260 e. The zero-order valence-corrected chi connectivity index (χ0v) is 11.7. The van der Waals surface area contributed by atoms with Crippen molar-refractivity contribution in [3.63, 3.8) is 0 Å². The lowest BCUT2D eigenvalue weighted by Gasteiger charge is -2.19. The third-order valence-electron chi connectivity index (χ3n) is 3.71. The Kier molecular flexibility index (Phi) is 3.17. The summed E-state index contributed by atoms with van der Waals surface area (Å²) in [6, 6.07) is 10.6. The number of aromatic hydroxyl groups is 1. The lowest BCUT2D eigenvalue weighted by atomic mass is 10.1. The maximum atomic E-state index is 12.7. The molecule has 21 heavy (non-hydrogen) atoms. The molecule has 0 bridgehead atoms. The summed E-state index contributed by atoms with van der Waals surface area (Å²) in [7, 11) is 1.44. The number of nitrogen functional groups attached to an aromatic ring is 1. The van der Waals surface area contributed by atoms with Crippen LogP contribution in [-0.2, 0) is 6.42 Å². The van der Waals surface area contributed by atoms with Crippen LogP contribution in [0.1, 0.15) is 15.9 Å². The Hall–Kier alpha value is -2.69. The second-order valence-corrected chi connectivity index (χ2v) is 4.95. The normalized spacial score (nSPS) is 13.1. The molecule has 2 aromatic rings. The van der Waals surface area contributed by atoms with Gasteiger partial charge >= 0.3 is 0 Å². The highest BCUT2D eigenvalue weighted by atomic mass is 16.5. The van der Waals surface area contributed by atoms with Crippen molar-refractivity contribution >= 4 is 17.3 Å². The summed E-state index contributed by atoms with van der Waals surface area (Å²) < 4.78 is 5.05. The summed E-state index contributed by atoms with van der Waals surface area (Å²) >= 11 is 0. The topological polar surface area (TPSA) is 75.8 Å². The quantitative estimate of drug-likeness (QED) is 0.829. The van der Waals surface area contributed by atoms with Crippen LogP contribution in [0.15, 0.2) is 36.4 Å². The highest BCUT2D eigenvalue weighted by Gasteiger charge is 2.27. The third kappa shape index (κ3) is 2.16. The molecule has 3 N–H and O–H groups in total. The fourth-order valence-corrected chi connectivity index (χ4v) is 2.63. The number of rotatable bonds is 2. The van der Waals surface area contributed by atoms with Gasteiger partial charge in [-0.1, -0.05) is 18.2 Å². The minimum Gasteiger partial charge on any atom is -0.504 e. The molecule has 2 aromatic carbocycles. The number of amides is 1. The Morgan fingerprint density at radius 3 is 2.86 bits per heavy atom. The zero-order chi connectivity index (χ0) is 15.0. The molecule has 1 amide bonds. The van der Waals surface area contributed by atoms with Crippen molar-refractivity contribution in [2.75, 3.05) is 24.3 Å². The summed E-state index contributed by atoms with van der Waals surface area (Å²) in [6.45, 7) is 0.626. The Labute approximate surface area is 122 Å². The van der Waals surface area contributed by atoms with E-state index in [4.69, 9.17) is 10.5 Å². The van der Waals surface area contributed by atoms with Crippen LogP contribution in [0.4, 0.5) is 11.4 Å². The van der Waals surface area contributed by atoms with Gasteiger partial charge in [-0.2, -0.15) is 0 Å². The Balaban J connectivity index is 2.01. The van der Waals surface area contributed by atoms with E-state index in [1.165, 1.54) is 19.2 Å². The summed E-state index contributed by atoms with van der Waals surface area (Å²) in [5, 5.41) is 9.69. The van der Waals surface area contributed by atoms with Gasteiger partial charge in [-0.3, -0.25) is 4.79 Å². The number of anilines is 2. The van der Waals surface area contributed by atoms with Gasteiger partial charge in [0.25, 0.3) is 5.91 Å². The van der Waals surface area contributed by atoms with Crippen molar-refractivity contribution in [1.82, 2.24) is 0 Å². The molecule has 1 aliphatic heterocycles. The number of carbonyl (C=O) groups is 1. The van der Waals surface area contributed by atoms with E-state index in [1.54, 1.807) is 4.90 Å². The highest BCUT2D eigenvalue weighted by Crippen LogP contribution is 2.34. The van der Waals surface area contributed by atoms with Crippen LogP contribution >= 0.6 is 0 Å². The molecule has 1 heterocycles. The van der Waals surface area contributed by atoms with Crippen molar-refractivity contribution in [3.05, 3.63) is 47.5 Å². The van der Waals surface area contributed by atoms with Crippen molar-refractivity contribution < 1.29 is 14.6 Å². The summed E-state index contributed by atoms with van der Waals surface area (Å²) in [5.41, 5.74) is 8.50. The first kappa shape index (κ1) is 13.3. The zero-order valence-electron chi connectivity index (χ0n) is 11.7. The average molecular weight is 284 g/mol. The highest BCUT2D eigenvalue weighted by molar-refractivity contribution is 6.10. The van der Waals surface area contributed by atoms with E-state index in [9.17, 15) is 9.90 Å². The number of phenols is 1. The molecule has 0 saturated carbocycles. The number of methoxy groups -OCH3 is 1. The minimum atomic E-state index is -0.184. The van der Waals surface area contributed by atoms with Gasteiger partial charge in [-0.05, 0) is 24.1 Å². The molecule has 0 fully saturated rings. The number of phenolic OH excluding ortho intramolecular Hbond substituents is 1. The van der Waals surface area contributed by atoms with Gasteiger partial charge in [0.2, 0.25) is 0 Å². The Bertz CT molecular complexity index is 713. The van der Waals surface area contributed by atoms with Gasteiger partial charge in [-0.15, -0.1) is 0 Å². The van der Waals surface area contributed by atoms with Gasteiger partial charge < -0.3 is 20.5 Å². The van der Waals surface area contributed by atoms with Crippen LogP contribution < -0.4 is 15.4 Å². The first-order valence-electron chi connectivity index (χ1n) is 6.68. The molecule has 0 atom stereocenters. The number of fused-ring (bicyclic) bond motifs is 1. The number of para-hydroxylation sites is 1. The van der Waals surface area contributed by atoms with E-state index in [1.807, 2.05) is 24.3 Å². The summed E-state index contributed by atoms with van der Waals surface area (Å²) in [4.78, 5) is 14.4. The van der Waals surface area contributed by atoms with E-state index in [0.29, 0.717) is 12.1 Å². The molecule has 0 unspecified atom stereocenters. The second kappa shape index (κ2) is 5.01. The van der Waals surface area contributed by atoms with Crippen molar-refractivity contribution in [3.8, 4) is 11.5 Å². The maximum Gasteiger partial charge on any atom is 0.260 e. The fraction of sp³-hybridized carbons (Fsp3) is 0.188. The molecule has 0 saturated heterocycles. The van der Waals surface area contributed by atoms with Crippen LogP contribution in [0, 0.1) is 0 Å². The largest absolute Gasteiger partial charge is 0.504 e. The standard InChI is InChI=1S/C16H16N2O3/c1-21-15-8-11(12(17)9-14(15)19)16(20)18-7-6-10-4-2-3-5-13(10)18/h2-5,8-9,19H,6-7,17H2,1H3. The van der Waals surface area contributed by atoms with E-state index < -0.39 is 0 Å². The second-order valence-electron chi connectivity index (χ2n) is 4.95. The number of ether oxygens (including phenoxy) is 1. The van der Waals surface area contributed by atoms with Gasteiger partial charge in [0.1, 0.15) is 0 Å². The lowest BCUT2D eigenvalue weighted by molar-refractivity contribution is 0.0990. The van der Waals surface area contributed by atoms with Crippen molar-refractivity contribution in [2.45, 2.75) is 6.42 Å². The first-order chi connectivity index (χ1) is 10.1. The van der Waals surface area contributed by atoms with Crippen molar-refractivity contribution in [1.29, 1.82) is 0 Å². The number of benzene rings is 2. The monoisotopic (exact) mass is 284 g/mol. The van der Waals surface area contributed by atoms with E-state index in [2.05, 4.69) is 0 Å². The van der Waals surface area contributed by atoms with Crippen LogP contribution in [0.2, 0.25) is 0 Å². The van der Waals surface area contributed by atoms with Gasteiger partial charge in [0, 0.05) is 24.0 Å². The third-order valence-corrected chi connectivity index (χ3v) is 3.71. The number of hydrogen-bond donors (Lipinski definition) is 2. The molecular weight excluding hydrogens is 268 g/mol. The SMILES string of the molecule is COc1cc(C(=O)N2CCc3ccccc32)c(N)cc1O. The molecule has 0 radical (unpaired) electrons. The Morgan fingerprint density at radius 1 is 1.33 bits per heavy atom. The average Bonchev–Trinajstić information content (AvgIpc) is 2.91. The summed E-state index contributed by atoms with van der Waals surface area (Å²) in [6.07, 6.45) is 0.830. The molecule has 1 aliphatic rings. The van der Waals surface area contributed by atoms with Crippen LogP contribution in [0.3, 0.4) is 0 Å². The Morgan fingerprint density at radius 2 is 2.10 bits per heavy atom. The van der Waals surface area contributed by atoms with Crippen LogP contribution in [0.25, 0.3) is 0 Å². The van der Waals surface area contributed by atoms with E-state index in [0.717, 1.165) is 17.7 Å². The minimum absolute atomic E-state index is 0.0756. The molecular formula is C16H16N2O3. The number of carbonyl (C=O) groups excluding carboxylic acids is 1. The fourth-order valence-electron chi connectivity index (χ4n) is 2.63. The molecule has 0 spiro atoms. The molecule has 5 heteroatoms. The molecule has 0 aromatic heterocycles. The number of nitrogens with two attached hydrogens (primary N) is 1. The van der Waals surface area contributed by atoms with Crippen molar-refractivity contribution in [2.24, 2.45) is 0 Å². The van der Waals surface area contributed by atoms with Gasteiger partial charge in [0.15, 0.2) is 11.5 Å². The van der Waals surface area contributed by atoms with Gasteiger partial charge in [0.05, 0.1) is 12.7 Å². The molecule has 0 aliphatic carbocycles. The maximum absolute atomic E-state index is 12.7. The van der Waals surface area contributed by atoms with Gasteiger partial charge in [-0.25, -0.2) is 0 Å². The van der Waals surface area contributed by atoms with Crippen LogP contribution in [0.5, 0.6) is 11.5 Å². The molecule has 5 nitrogen and oxygen atoms in total. The number of hydrogen-bond acceptors (Lipinski definition) is 4. The first-order valence-corrected chi connectivity index (χ1v) is 6.68. The van der Waals surface area contributed by atoms with Crippen LogP contribution in [-0.4, -0.2) is 24.7 Å². The van der Waals surface area contributed by atoms with E-state index in [-0.39, 0.29) is 23.1 Å². The molecule has 3 rings (SSSR count). The lowest BCUT2D eigenvalue weighted by Crippen LogP contribution is -2.29. The number of nitrogens with zero attached hydrogens (tertiary/aromatic N) is 1. The summed E-state index contributed by atoms with van der Waals surface area (Å²) in [5.74, 6) is -0.0239.